The van der Waals surface area contributed by atoms with Crippen LogP contribution in [0.15, 0.2) is 24.3 Å². The molecule has 1 aliphatic heterocycles. The monoisotopic (exact) mass is 349 g/mol. The molecule has 1 fully saturated rings. The Morgan fingerprint density at radius 2 is 2.00 bits per heavy atom. The van der Waals surface area contributed by atoms with Crippen molar-refractivity contribution in [3.05, 3.63) is 29.8 Å². The molecule has 0 aliphatic carbocycles. The van der Waals surface area contributed by atoms with E-state index >= 15 is 0 Å². The van der Waals surface area contributed by atoms with Crippen molar-refractivity contribution in [3.63, 3.8) is 0 Å². The fourth-order valence-corrected chi connectivity index (χ4v) is 3.31. The Morgan fingerprint density at radius 3 is 2.58 bits per heavy atom. The van der Waals surface area contributed by atoms with Crippen LogP contribution < -0.4 is 16.0 Å². The Balaban J connectivity index is 1.87. The van der Waals surface area contributed by atoms with Crippen molar-refractivity contribution in [1.29, 1.82) is 0 Å². The third-order valence-corrected chi connectivity index (χ3v) is 5.33. The summed E-state index contributed by atoms with van der Waals surface area (Å²) in [6, 6.07) is 7.27. The van der Waals surface area contributed by atoms with E-state index in [1.165, 1.54) is 0 Å². The molecule has 0 spiro atoms. The van der Waals surface area contributed by atoms with Crippen LogP contribution in [0, 0.1) is 0 Å². The van der Waals surface area contributed by atoms with Crippen molar-refractivity contribution in [2.24, 2.45) is 0 Å². The molecule has 2 amide bonds. The van der Waals surface area contributed by atoms with Gasteiger partial charge in [0.15, 0.2) is 0 Å². The molecular formula is C18H27N3O2S. The van der Waals surface area contributed by atoms with E-state index in [1.807, 2.05) is 32.5 Å². The van der Waals surface area contributed by atoms with Crippen LogP contribution in [0.3, 0.4) is 0 Å². The zero-order valence-electron chi connectivity index (χ0n) is 14.6. The maximum absolute atomic E-state index is 12.2. The molecule has 2 rings (SSSR count). The number of carbonyl (C=O) groups is 2. The Hall–Kier alpha value is -1.53. The average molecular weight is 350 g/mol. The molecule has 1 unspecified atom stereocenters. The Bertz CT molecular complexity index is 566. The molecule has 1 aliphatic rings. The molecule has 1 saturated heterocycles. The van der Waals surface area contributed by atoms with Crippen LogP contribution in [-0.2, 0) is 4.79 Å². The Labute approximate surface area is 148 Å². The summed E-state index contributed by atoms with van der Waals surface area (Å²) in [5.41, 5.74) is 1.09. The van der Waals surface area contributed by atoms with Gasteiger partial charge in [-0.25, -0.2) is 0 Å². The largest absolute Gasteiger partial charge is 0.347 e. The van der Waals surface area contributed by atoms with Gasteiger partial charge in [-0.15, -0.1) is 0 Å². The smallest absolute Gasteiger partial charge is 0.251 e. The second-order valence-electron chi connectivity index (χ2n) is 6.75. The molecule has 1 aromatic carbocycles. The SMILES string of the molecule is CCC(C)(C)NC(=O)c1ccc(NC(=O)CC2CSCCN2)cc1. The van der Waals surface area contributed by atoms with E-state index in [4.69, 9.17) is 0 Å². The summed E-state index contributed by atoms with van der Waals surface area (Å²) in [5, 5.41) is 9.25. The predicted molar refractivity (Wildman–Crippen MR) is 101 cm³/mol. The molecule has 1 aromatic rings. The van der Waals surface area contributed by atoms with Crippen molar-refractivity contribution in [1.82, 2.24) is 10.6 Å². The van der Waals surface area contributed by atoms with Crippen molar-refractivity contribution >= 4 is 29.3 Å². The third kappa shape index (κ3) is 5.83. The number of hydrogen-bond acceptors (Lipinski definition) is 4. The van der Waals surface area contributed by atoms with Gasteiger partial charge >= 0.3 is 0 Å². The number of thioether (sulfide) groups is 1. The van der Waals surface area contributed by atoms with E-state index in [-0.39, 0.29) is 23.4 Å². The minimum Gasteiger partial charge on any atom is -0.347 e. The molecule has 0 aromatic heterocycles. The van der Waals surface area contributed by atoms with Gasteiger partial charge in [-0.05, 0) is 44.5 Å². The topological polar surface area (TPSA) is 70.2 Å². The van der Waals surface area contributed by atoms with Gasteiger partial charge in [-0.2, -0.15) is 11.8 Å². The van der Waals surface area contributed by atoms with Gasteiger partial charge in [0.25, 0.3) is 5.91 Å². The lowest BCUT2D eigenvalue weighted by molar-refractivity contribution is -0.116. The highest BCUT2D eigenvalue weighted by atomic mass is 32.2. The minimum atomic E-state index is -0.227. The summed E-state index contributed by atoms with van der Waals surface area (Å²) in [5.74, 6) is 1.98. The lowest BCUT2D eigenvalue weighted by Gasteiger charge is -2.24. The van der Waals surface area contributed by atoms with E-state index in [0.717, 1.165) is 30.2 Å². The highest BCUT2D eigenvalue weighted by Gasteiger charge is 2.19. The normalized spacial score (nSPS) is 18.0. The number of rotatable bonds is 6. The first-order valence-electron chi connectivity index (χ1n) is 8.43. The van der Waals surface area contributed by atoms with Crippen molar-refractivity contribution in [2.45, 2.75) is 45.2 Å². The number of carbonyl (C=O) groups excluding carboxylic acids is 2. The third-order valence-electron chi connectivity index (χ3n) is 4.20. The Kier molecular flexibility index (Phi) is 6.69. The fourth-order valence-electron chi connectivity index (χ4n) is 2.36. The standard InChI is InChI=1S/C18H27N3O2S/c1-4-18(2,3)21-17(23)13-5-7-14(8-6-13)20-16(22)11-15-12-24-10-9-19-15/h5-8,15,19H,4,9-12H2,1-3H3,(H,20,22)(H,21,23). The summed E-state index contributed by atoms with van der Waals surface area (Å²) in [6.45, 7) is 6.99. The van der Waals surface area contributed by atoms with E-state index < -0.39 is 0 Å². The van der Waals surface area contributed by atoms with Gasteiger partial charge in [0.1, 0.15) is 0 Å². The average Bonchev–Trinajstić information content (AvgIpc) is 2.56. The maximum atomic E-state index is 12.2. The Morgan fingerprint density at radius 1 is 1.29 bits per heavy atom. The lowest BCUT2D eigenvalue weighted by atomic mass is 10.0. The minimum absolute atomic E-state index is 0.000632. The lowest BCUT2D eigenvalue weighted by Crippen LogP contribution is -2.42. The molecule has 132 valence electrons. The van der Waals surface area contributed by atoms with Crippen molar-refractivity contribution < 1.29 is 9.59 Å². The van der Waals surface area contributed by atoms with Crippen LogP contribution in [0.5, 0.6) is 0 Å². The van der Waals surface area contributed by atoms with E-state index in [2.05, 4.69) is 16.0 Å². The number of hydrogen-bond donors (Lipinski definition) is 3. The second kappa shape index (κ2) is 8.53. The number of anilines is 1. The molecular weight excluding hydrogens is 322 g/mol. The maximum Gasteiger partial charge on any atom is 0.251 e. The van der Waals surface area contributed by atoms with Gasteiger partial charge in [0.2, 0.25) is 5.91 Å². The number of nitrogens with one attached hydrogen (secondary N) is 3. The zero-order chi connectivity index (χ0) is 17.6. The van der Waals surface area contributed by atoms with Gasteiger partial charge in [-0.3, -0.25) is 9.59 Å². The van der Waals surface area contributed by atoms with Crippen LogP contribution >= 0.6 is 11.8 Å². The summed E-state index contributed by atoms with van der Waals surface area (Å²) < 4.78 is 0. The molecule has 3 N–H and O–H groups in total. The molecule has 1 atom stereocenters. The van der Waals surface area contributed by atoms with Gasteiger partial charge < -0.3 is 16.0 Å². The second-order valence-corrected chi connectivity index (χ2v) is 7.90. The molecule has 5 nitrogen and oxygen atoms in total. The molecule has 0 saturated carbocycles. The first-order chi connectivity index (χ1) is 11.4. The van der Waals surface area contributed by atoms with Crippen LogP contribution in [0.25, 0.3) is 0 Å². The predicted octanol–water partition coefficient (Wildman–Crippen LogP) is 2.64. The van der Waals surface area contributed by atoms with Crippen LogP contribution in [-0.4, -0.2) is 41.4 Å². The van der Waals surface area contributed by atoms with Crippen LogP contribution in [0.4, 0.5) is 5.69 Å². The number of amides is 2. The summed E-state index contributed by atoms with van der Waals surface area (Å²) in [4.78, 5) is 24.3. The highest BCUT2D eigenvalue weighted by Crippen LogP contribution is 2.14. The molecule has 1 heterocycles. The fraction of sp³-hybridized carbons (Fsp3) is 0.556. The molecule has 0 bridgehead atoms. The first kappa shape index (κ1) is 18.8. The summed E-state index contributed by atoms with van der Waals surface area (Å²) in [6.07, 6.45) is 1.33. The van der Waals surface area contributed by atoms with Crippen LogP contribution in [0.1, 0.15) is 44.0 Å². The molecule has 24 heavy (non-hydrogen) atoms. The van der Waals surface area contributed by atoms with Crippen LogP contribution in [0.2, 0.25) is 0 Å². The number of benzene rings is 1. The zero-order valence-corrected chi connectivity index (χ0v) is 15.5. The molecule has 6 heteroatoms. The van der Waals surface area contributed by atoms with Crippen molar-refractivity contribution in [3.8, 4) is 0 Å². The van der Waals surface area contributed by atoms with Gasteiger partial charge in [0, 0.05) is 47.3 Å². The highest BCUT2D eigenvalue weighted by molar-refractivity contribution is 7.99. The first-order valence-corrected chi connectivity index (χ1v) is 9.58. The summed E-state index contributed by atoms with van der Waals surface area (Å²) >= 11 is 1.88. The quantitative estimate of drug-likeness (QED) is 0.738. The summed E-state index contributed by atoms with van der Waals surface area (Å²) in [7, 11) is 0. The van der Waals surface area contributed by atoms with Gasteiger partial charge in [-0.1, -0.05) is 6.92 Å². The van der Waals surface area contributed by atoms with Crippen molar-refractivity contribution in [2.75, 3.05) is 23.4 Å². The van der Waals surface area contributed by atoms with E-state index in [0.29, 0.717) is 12.0 Å². The molecule has 0 radical (unpaired) electrons. The van der Waals surface area contributed by atoms with Gasteiger partial charge in [0.05, 0.1) is 0 Å². The van der Waals surface area contributed by atoms with E-state index in [9.17, 15) is 9.59 Å². The van der Waals surface area contributed by atoms with E-state index in [1.54, 1.807) is 24.3 Å².